The van der Waals surface area contributed by atoms with E-state index in [1.807, 2.05) is 80.8 Å². The van der Waals surface area contributed by atoms with Gasteiger partial charge < -0.3 is 28.3 Å². The van der Waals surface area contributed by atoms with Crippen LogP contribution in [0.3, 0.4) is 0 Å². The van der Waals surface area contributed by atoms with Crippen LogP contribution >= 0.6 is 0 Å². The molecule has 0 spiro atoms. The van der Waals surface area contributed by atoms with Crippen molar-refractivity contribution in [2.75, 3.05) is 34.4 Å². The van der Waals surface area contributed by atoms with Gasteiger partial charge in [0.1, 0.15) is 40.9 Å². The lowest BCUT2D eigenvalue weighted by molar-refractivity contribution is 0.261. The highest BCUT2D eigenvalue weighted by Crippen LogP contribution is 2.39. The number of ether oxygens (including phenoxy) is 4. The highest BCUT2D eigenvalue weighted by atomic mass is 16.5. The van der Waals surface area contributed by atoms with E-state index in [0.717, 1.165) is 29.0 Å². The second-order valence-corrected chi connectivity index (χ2v) is 9.12. The SMILES string of the molecule is COc1ccc2c(-c3ccc(OCCN(C)C)cc3)c(Oc3ccc(Oc4ccccc4)cc3)c(=O)oc2c1. The van der Waals surface area contributed by atoms with Gasteiger partial charge in [0, 0.05) is 23.6 Å². The molecule has 39 heavy (non-hydrogen) atoms. The normalized spacial score (nSPS) is 11.0. The summed E-state index contributed by atoms with van der Waals surface area (Å²) in [5.41, 5.74) is 1.21. The molecule has 0 aliphatic heterocycles. The van der Waals surface area contributed by atoms with E-state index in [1.54, 1.807) is 37.4 Å². The summed E-state index contributed by atoms with van der Waals surface area (Å²) in [7, 11) is 5.57. The molecule has 0 atom stereocenters. The Hall–Kier alpha value is -4.75. The molecule has 0 radical (unpaired) electrons. The zero-order chi connectivity index (χ0) is 27.2. The molecule has 1 aromatic heterocycles. The topological polar surface area (TPSA) is 70.4 Å². The number of methoxy groups -OCH3 is 1. The summed E-state index contributed by atoms with van der Waals surface area (Å²) in [5, 5.41) is 0.718. The van der Waals surface area contributed by atoms with Crippen molar-refractivity contribution in [3.8, 4) is 45.6 Å². The molecular weight excluding hydrogens is 494 g/mol. The Morgan fingerprint density at radius 3 is 2.00 bits per heavy atom. The van der Waals surface area contributed by atoms with Crippen LogP contribution in [0.2, 0.25) is 0 Å². The maximum absolute atomic E-state index is 13.2. The number of nitrogens with zero attached hydrogens (tertiary/aromatic N) is 1. The van der Waals surface area contributed by atoms with Crippen LogP contribution in [0.5, 0.6) is 34.5 Å². The van der Waals surface area contributed by atoms with E-state index in [2.05, 4.69) is 4.90 Å². The largest absolute Gasteiger partial charge is 0.497 e. The van der Waals surface area contributed by atoms with Gasteiger partial charge >= 0.3 is 5.63 Å². The fourth-order valence-electron chi connectivity index (χ4n) is 4.05. The first-order chi connectivity index (χ1) is 19.0. The Morgan fingerprint density at radius 2 is 1.33 bits per heavy atom. The molecule has 0 aliphatic carbocycles. The molecular formula is C32H29NO6. The van der Waals surface area contributed by atoms with Crippen molar-refractivity contribution in [1.29, 1.82) is 0 Å². The number of hydrogen-bond acceptors (Lipinski definition) is 7. The number of benzene rings is 4. The van der Waals surface area contributed by atoms with E-state index in [4.69, 9.17) is 23.4 Å². The van der Waals surface area contributed by atoms with Crippen LogP contribution in [0, 0.1) is 0 Å². The van der Waals surface area contributed by atoms with Crippen LogP contribution in [0.4, 0.5) is 0 Å². The van der Waals surface area contributed by atoms with Gasteiger partial charge in [0.25, 0.3) is 0 Å². The molecule has 4 aromatic carbocycles. The second kappa shape index (κ2) is 11.8. The summed E-state index contributed by atoms with van der Waals surface area (Å²) in [6.07, 6.45) is 0. The minimum atomic E-state index is -0.596. The van der Waals surface area contributed by atoms with Crippen molar-refractivity contribution in [2.24, 2.45) is 0 Å². The van der Waals surface area contributed by atoms with Crippen molar-refractivity contribution >= 4 is 11.0 Å². The lowest BCUT2D eigenvalue weighted by atomic mass is 10.0. The second-order valence-electron chi connectivity index (χ2n) is 9.12. The number of likely N-dealkylation sites (N-methyl/N-ethyl adjacent to an activating group) is 1. The van der Waals surface area contributed by atoms with E-state index in [9.17, 15) is 4.79 Å². The molecule has 198 valence electrons. The number of para-hydroxylation sites is 1. The summed E-state index contributed by atoms with van der Waals surface area (Å²) < 4.78 is 28.9. The Kier molecular flexibility index (Phi) is 7.80. The van der Waals surface area contributed by atoms with Gasteiger partial charge in [-0.2, -0.15) is 0 Å². The van der Waals surface area contributed by atoms with Crippen molar-refractivity contribution in [2.45, 2.75) is 0 Å². The van der Waals surface area contributed by atoms with E-state index in [0.29, 0.717) is 35.0 Å². The molecule has 0 unspecified atom stereocenters. The molecule has 0 saturated carbocycles. The third kappa shape index (κ3) is 6.22. The van der Waals surface area contributed by atoms with Crippen molar-refractivity contribution in [3.63, 3.8) is 0 Å². The van der Waals surface area contributed by atoms with Crippen LogP contribution < -0.4 is 24.6 Å². The molecule has 0 aliphatic rings. The molecule has 0 bridgehead atoms. The van der Waals surface area contributed by atoms with Gasteiger partial charge in [0.05, 0.1) is 7.11 Å². The lowest BCUT2D eigenvalue weighted by Crippen LogP contribution is -2.19. The smallest absolute Gasteiger partial charge is 0.380 e. The minimum Gasteiger partial charge on any atom is -0.497 e. The lowest BCUT2D eigenvalue weighted by Gasteiger charge is -2.15. The van der Waals surface area contributed by atoms with Gasteiger partial charge in [-0.15, -0.1) is 0 Å². The predicted molar refractivity (Wildman–Crippen MR) is 152 cm³/mol. The van der Waals surface area contributed by atoms with Crippen molar-refractivity contribution in [3.05, 3.63) is 107 Å². The van der Waals surface area contributed by atoms with Gasteiger partial charge in [0.2, 0.25) is 5.75 Å². The molecule has 5 aromatic rings. The Morgan fingerprint density at radius 1 is 0.718 bits per heavy atom. The Labute approximate surface area is 226 Å². The van der Waals surface area contributed by atoms with Crippen molar-refractivity contribution < 1.29 is 23.4 Å². The molecule has 0 N–H and O–H groups in total. The first-order valence-electron chi connectivity index (χ1n) is 12.5. The quantitative estimate of drug-likeness (QED) is 0.183. The molecule has 1 heterocycles. The maximum atomic E-state index is 13.2. The van der Waals surface area contributed by atoms with Crippen LogP contribution in [-0.4, -0.2) is 39.3 Å². The van der Waals surface area contributed by atoms with Gasteiger partial charge in [-0.25, -0.2) is 4.79 Å². The average Bonchev–Trinajstić information content (AvgIpc) is 2.95. The molecule has 7 heteroatoms. The molecule has 0 amide bonds. The first-order valence-corrected chi connectivity index (χ1v) is 12.5. The van der Waals surface area contributed by atoms with E-state index in [-0.39, 0.29) is 5.75 Å². The van der Waals surface area contributed by atoms with E-state index in [1.165, 1.54) is 0 Å². The molecule has 7 nitrogen and oxygen atoms in total. The zero-order valence-electron chi connectivity index (χ0n) is 22.0. The zero-order valence-corrected chi connectivity index (χ0v) is 22.0. The average molecular weight is 524 g/mol. The fourth-order valence-corrected chi connectivity index (χ4v) is 4.05. The van der Waals surface area contributed by atoms with E-state index < -0.39 is 5.63 Å². The van der Waals surface area contributed by atoms with Gasteiger partial charge in [-0.3, -0.25) is 0 Å². The van der Waals surface area contributed by atoms with Crippen molar-refractivity contribution in [1.82, 2.24) is 4.90 Å². The highest BCUT2D eigenvalue weighted by molar-refractivity contribution is 5.97. The summed E-state index contributed by atoms with van der Waals surface area (Å²) in [4.78, 5) is 15.3. The summed E-state index contributed by atoms with van der Waals surface area (Å²) in [5.74, 6) is 3.27. The molecule has 5 rings (SSSR count). The van der Waals surface area contributed by atoms with Crippen LogP contribution in [-0.2, 0) is 0 Å². The summed E-state index contributed by atoms with van der Waals surface area (Å²) >= 11 is 0. The Balaban J connectivity index is 1.49. The monoisotopic (exact) mass is 523 g/mol. The summed E-state index contributed by atoms with van der Waals surface area (Å²) in [6.45, 7) is 1.38. The summed E-state index contributed by atoms with van der Waals surface area (Å²) in [6, 6.07) is 29.5. The number of hydrogen-bond donors (Lipinski definition) is 0. The van der Waals surface area contributed by atoms with E-state index >= 15 is 0 Å². The third-order valence-corrected chi connectivity index (χ3v) is 6.05. The van der Waals surface area contributed by atoms with Gasteiger partial charge in [-0.1, -0.05) is 30.3 Å². The maximum Gasteiger partial charge on any atom is 0.380 e. The van der Waals surface area contributed by atoms with Crippen LogP contribution in [0.1, 0.15) is 0 Å². The molecule has 0 fully saturated rings. The third-order valence-electron chi connectivity index (χ3n) is 6.05. The predicted octanol–water partition coefficient (Wildman–Crippen LogP) is 6.99. The molecule has 0 saturated heterocycles. The standard InChI is InChI=1S/C32H29NO6/c1-33(2)19-20-36-23-11-9-22(10-12-23)30-28-18-17-27(35-3)21-29(28)39-32(34)31(30)38-26-15-13-25(14-16-26)37-24-7-5-4-6-8-24/h4-18,21H,19-20H2,1-3H3. The fraction of sp³-hybridized carbons (Fsp3) is 0.156. The Bertz CT molecular complexity index is 1590. The number of rotatable bonds is 10. The minimum absolute atomic E-state index is 0.0886. The van der Waals surface area contributed by atoms with Crippen LogP contribution in [0.25, 0.3) is 22.1 Å². The first kappa shape index (κ1) is 25.9. The van der Waals surface area contributed by atoms with Gasteiger partial charge in [0.15, 0.2) is 0 Å². The van der Waals surface area contributed by atoms with Crippen LogP contribution in [0.15, 0.2) is 106 Å². The highest BCUT2D eigenvalue weighted by Gasteiger charge is 2.19. The number of fused-ring (bicyclic) bond motifs is 1. The van der Waals surface area contributed by atoms with Gasteiger partial charge in [-0.05, 0) is 80.3 Å².